The molecule has 0 atom stereocenters. The third-order valence-electron chi connectivity index (χ3n) is 3.90. The molecule has 0 aliphatic carbocycles. The summed E-state index contributed by atoms with van der Waals surface area (Å²) in [5, 5.41) is 4.61. The Labute approximate surface area is 180 Å². The topological polar surface area (TPSA) is 77.0 Å². The van der Waals surface area contributed by atoms with Gasteiger partial charge in [-0.15, -0.1) is 11.3 Å². The highest BCUT2D eigenvalue weighted by atomic mass is 35.5. The summed E-state index contributed by atoms with van der Waals surface area (Å²) in [4.78, 5) is 22.0. The first-order valence-corrected chi connectivity index (χ1v) is 10.6. The fraction of sp³-hybridized carbons (Fsp3) is 0.100. The number of nitrogens with one attached hydrogen (secondary N) is 1. The number of carbonyl (C=O) groups excluding carboxylic acids is 1. The van der Waals surface area contributed by atoms with Gasteiger partial charge in [0.05, 0.1) is 5.69 Å². The molecule has 0 bridgehead atoms. The summed E-state index contributed by atoms with van der Waals surface area (Å²) in [7, 11) is 0. The fourth-order valence-corrected chi connectivity index (χ4v) is 4.12. The highest BCUT2D eigenvalue weighted by Gasteiger charge is 2.18. The summed E-state index contributed by atoms with van der Waals surface area (Å²) < 4.78 is 10.0. The molecule has 0 spiro atoms. The average molecular weight is 443 g/mol. The number of carbonyl (C=O) groups is 1. The van der Waals surface area contributed by atoms with Gasteiger partial charge in [0.1, 0.15) is 22.2 Å². The summed E-state index contributed by atoms with van der Waals surface area (Å²) in [5.41, 5.74) is 1.55. The number of amides is 1. The van der Waals surface area contributed by atoms with E-state index < -0.39 is 0 Å². The lowest BCUT2D eigenvalue weighted by Crippen LogP contribution is -2.11. The standard InChI is InChI=1S/C20H15ClN4O2S2/c1-12-17(28-16(22-12)11-27-15-9-7-14(21)8-10-15)19(26)24-20-23-18(25-29-20)13-5-3-2-4-6-13/h2-10H,11H2,1H3,(H,23,24,25,26). The van der Waals surface area contributed by atoms with E-state index in [0.29, 0.717) is 37.3 Å². The molecule has 0 unspecified atom stereocenters. The van der Waals surface area contributed by atoms with Crippen LogP contribution >= 0.6 is 34.5 Å². The SMILES string of the molecule is Cc1nc(COc2ccc(Cl)cc2)sc1C(=O)Nc1nc(-c2ccccc2)ns1. The van der Waals surface area contributed by atoms with Crippen molar-refractivity contribution in [1.29, 1.82) is 0 Å². The molecular formula is C20H15ClN4O2S2. The Kier molecular flexibility index (Phi) is 5.84. The zero-order valence-electron chi connectivity index (χ0n) is 15.3. The van der Waals surface area contributed by atoms with Crippen LogP contribution in [0.2, 0.25) is 5.02 Å². The molecule has 1 N–H and O–H groups in total. The first-order chi connectivity index (χ1) is 14.1. The van der Waals surface area contributed by atoms with Gasteiger partial charge < -0.3 is 4.74 Å². The van der Waals surface area contributed by atoms with Gasteiger partial charge in [0, 0.05) is 22.1 Å². The summed E-state index contributed by atoms with van der Waals surface area (Å²) in [6, 6.07) is 16.7. The van der Waals surface area contributed by atoms with Crippen molar-refractivity contribution >= 4 is 45.5 Å². The first-order valence-electron chi connectivity index (χ1n) is 8.63. The number of halogens is 1. The smallest absolute Gasteiger partial charge is 0.269 e. The number of thiazole rings is 1. The average Bonchev–Trinajstić information content (AvgIpc) is 3.35. The van der Waals surface area contributed by atoms with Crippen molar-refractivity contribution in [3.63, 3.8) is 0 Å². The van der Waals surface area contributed by atoms with E-state index >= 15 is 0 Å². The lowest BCUT2D eigenvalue weighted by molar-refractivity contribution is 0.103. The third kappa shape index (κ3) is 4.79. The molecular weight excluding hydrogens is 428 g/mol. The fourth-order valence-electron chi connectivity index (χ4n) is 2.53. The van der Waals surface area contributed by atoms with E-state index in [0.717, 1.165) is 17.1 Å². The summed E-state index contributed by atoms with van der Waals surface area (Å²) in [5.74, 6) is 1.02. The van der Waals surface area contributed by atoms with E-state index in [1.807, 2.05) is 30.3 Å². The zero-order chi connectivity index (χ0) is 20.2. The molecule has 4 aromatic rings. The normalized spacial score (nSPS) is 10.7. The van der Waals surface area contributed by atoms with Crippen molar-refractivity contribution in [2.45, 2.75) is 13.5 Å². The summed E-state index contributed by atoms with van der Waals surface area (Å²) in [6.07, 6.45) is 0. The van der Waals surface area contributed by atoms with E-state index in [1.165, 1.54) is 11.3 Å². The minimum Gasteiger partial charge on any atom is -0.486 e. The maximum atomic E-state index is 12.6. The van der Waals surface area contributed by atoms with Crippen molar-refractivity contribution in [3.8, 4) is 17.1 Å². The molecule has 2 aromatic heterocycles. The minimum atomic E-state index is -0.256. The predicted octanol–water partition coefficient (Wildman–Crippen LogP) is 5.45. The number of hydrogen-bond acceptors (Lipinski definition) is 7. The number of ether oxygens (including phenoxy) is 1. The largest absolute Gasteiger partial charge is 0.486 e. The van der Waals surface area contributed by atoms with Gasteiger partial charge in [0.15, 0.2) is 5.82 Å². The molecule has 0 radical (unpaired) electrons. The van der Waals surface area contributed by atoms with Gasteiger partial charge in [0.25, 0.3) is 5.91 Å². The molecule has 9 heteroatoms. The molecule has 0 aliphatic rings. The second-order valence-electron chi connectivity index (χ2n) is 6.01. The maximum absolute atomic E-state index is 12.6. The van der Waals surface area contributed by atoms with Crippen LogP contribution in [-0.2, 0) is 6.61 Å². The molecule has 6 nitrogen and oxygen atoms in total. The Morgan fingerprint density at radius 3 is 2.62 bits per heavy atom. The van der Waals surface area contributed by atoms with Crippen LogP contribution in [0.25, 0.3) is 11.4 Å². The number of nitrogens with zero attached hydrogens (tertiary/aromatic N) is 3. The number of benzene rings is 2. The van der Waals surface area contributed by atoms with Crippen LogP contribution in [-0.4, -0.2) is 20.2 Å². The number of anilines is 1. The van der Waals surface area contributed by atoms with Crippen LogP contribution < -0.4 is 10.1 Å². The van der Waals surface area contributed by atoms with Crippen LogP contribution in [0, 0.1) is 6.92 Å². The molecule has 146 valence electrons. The van der Waals surface area contributed by atoms with Crippen molar-refractivity contribution in [2.75, 3.05) is 5.32 Å². The Balaban J connectivity index is 1.41. The third-order valence-corrected chi connectivity index (χ3v) is 5.91. The summed E-state index contributed by atoms with van der Waals surface area (Å²) >= 11 is 8.31. The first kappa shape index (κ1) is 19.5. The van der Waals surface area contributed by atoms with Crippen LogP contribution in [0.5, 0.6) is 5.75 Å². The van der Waals surface area contributed by atoms with Crippen LogP contribution in [0.4, 0.5) is 5.13 Å². The Bertz CT molecular complexity index is 1130. The zero-order valence-corrected chi connectivity index (χ0v) is 17.6. The second kappa shape index (κ2) is 8.69. The van der Waals surface area contributed by atoms with Gasteiger partial charge >= 0.3 is 0 Å². The maximum Gasteiger partial charge on any atom is 0.269 e. The molecule has 0 saturated carbocycles. The Hall–Kier alpha value is -2.81. The van der Waals surface area contributed by atoms with Gasteiger partial charge in [-0.3, -0.25) is 10.1 Å². The second-order valence-corrected chi connectivity index (χ2v) is 8.28. The number of rotatable bonds is 6. The molecule has 2 heterocycles. The van der Waals surface area contributed by atoms with Gasteiger partial charge in [-0.05, 0) is 31.2 Å². The van der Waals surface area contributed by atoms with Crippen LogP contribution in [0.1, 0.15) is 20.4 Å². The van der Waals surface area contributed by atoms with E-state index in [1.54, 1.807) is 31.2 Å². The van der Waals surface area contributed by atoms with Gasteiger partial charge in [-0.1, -0.05) is 41.9 Å². The van der Waals surface area contributed by atoms with E-state index in [4.69, 9.17) is 16.3 Å². The number of aromatic nitrogens is 3. The summed E-state index contributed by atoms with van der Waals surface area (Å²) in [6.45, 7) is 2.07. The van der Waals surface area contributed by atoms with E-state index in [-0.39, 0.29) is 12.5 Å². The quantitative estimate of drug-likeness (QED) is 0.429. The van der Waals surface area contributed by atoms with E-state index in [9.17, 15) is 4.79 Å². The lowest BCUT2D eigenvalue weighted by Gasteiger charge is -2.03. The molecule has 0 saturated heterocycles. The Morgan fingerprint density at radius 1 is 1.10 bits per heavy atom. The van der Waals surface area contributed by atoms with Gasteiger partial charge in [-0.2, -0.15) is 9.36 Å². The lowest BCUT2D eigenvalue weighted by atomic mass is 10.2. The minimum absolute atomic E-state index is 0.256. The van der Waals surface area contributed by atoms with Crippen molar-refractivity contribution in [1.82, 2.24) is 14.3 Å². The highest BCUT2D eigenvalue weighted by Crippen LogP contribution is 2.24. The van der Waals surface area contributed by atoms with Crippen molar-refractivity contribution in [3.05, 3.63) is 75.2 Å². The molecule has 1 amide bonds. The molecule has 0 aliphatic heterocycles. The van der Waals surface area contributed by atoms with Gasteiger partial charge in [0.2, 0.25) is 5.13 Å². The molecule has 29 heavy (non-hydrogen) atoms. The molecule has 0 fully saturated rings. The van der Waals surface area contributed by atoms with Crippen molar-refractivity contribution in [2.24, 2.45) is 0 Å². The van der Waals surface area contributed by atoms with Crippen LogP contribution in [0.15, 0.2) is 54.6 Å². The predicted molar refractivity (Wildman–Crippen MR) is 116 cm³/mol. The van der Waals surface area contributed by atoms with Gasteiger partial charge in [-0.25, -0.2) is 4.98 Å². The van der Waals surface area contributed by atoms with Crippen molar-refractivity contribution < 1.29 is 9.53 Å². The van der Waals surface area contributed by atoms with E-state index in [2.05, 4.69) is 19.7 Å². The molecule has 2 aromatic carbocycles. The number of hydrogen-bond donors (Lipinski definition) is 1. The Morgan fingerprint density at radius 2 is 1.86 bits per heavy atom. The molecule has 4 rings (SSSR count). The monoisotopic (exact) mass is 442 g/mol. The highest BCUT2D eigenvalue weighted by molar-refractivity contribution is 7.14. The number of aryl methyl sites for hydroxylation is 1. The van der Waals surface area contributed by atoms with Crippen LogP contribution in [0.3, 0.4) is 0 Å².